The van der Waals surface area contributed by atoms with Gasteiger partial charge in [-0.05, 0) is 26.1 Å². The van der Waals surface area contributed by atoms with E-state index in [-0.39, 0.29) is 5.41 Å². The first-order chi connectivity index (χ1) is 10.8. The molecular weight excluding hydrogens is 292 g/mol. The molecule has 23 heavy (non-hydrogen) atoms. The molecule has 2 aromatic heterocycles. The second-order valence-electron chi connectivity index (χ2n) is 7.24. The van der Waals surface area contributed by atoms with Crippen LogP contribution >= 0.6 is 0 Å². The van der Waals surface area contributed by atoms with Crippen LogP contribution < -0.4 is 4.90 Å². The molecule has 0 aliphatic carbocycles. The van der Waals surface area contributed by atoms with E-state index in [0.717, 1.165) is 24.6 Å². The van der Waals surface area contributed by atoms with Crippen LogP contribution in [0, 0.1) is 6.92 Å². The summed E-state index contributed by atoms with van der Waals surface area (Å²) in [6, 6.07) is 4.59. The topological polar surface area (TPSA) is 71.2 Å². The van der Waals surface area contributed by atoms with E-state index in [0.29, 0.717) is 24.3 Å². The van der Waals surface area contributed by atoms with Crippen molar-refractivity contribution in [2.24, 2.45) is 0 Å². The van der Waals surface area contributed by atoms with Crippen molar-refractivity contribution < 1.29 is 4.52 Å². The van der Waals surface area contributed by atoms with Crippen LogP contribution in [0.2, 0.25) is 0 Å². The Labute approximate surface area is 136 Å². The molecule has 7 nitrogen and oxygen atoms in total. The monoisotopic (exact) mass is 316 g/mol. The normalized spacial score (nSPS) is 16.0. The minimum absolute atomic E-state index is 0.0332. The van der Waals surface area contributed by atoms with E-state index in [2.05, 4.69) is 70.1 Å². The quantitative estimate of drug-likeness (QED) is 0.851. The molecule has 1 fully saturated rings. The second-order valence-corrected chi connectivity index (χ2v) is 7.24. The summed E-state index contributed by atoms with van der Waals surface area (Å²) in [6.07, 6.45) is 0. The molecular formula is C16H24N6O. The smallest absolute Gasteiger partial charge is 0.240 e. The predicted molar refractivity (Wildman–Crippen MR) is 87.2 cm³/mol. The van der Waals surface area contributed by atoms with E-state index in [9.17, 15) is 0 Å². The van der Waals surface area contributed by atoms with E-state index in [4.69, 9.17) is 4.52 Å². The third-order valence-corrected chi connectivity index (χ3v) is 4.18. The molecule has 0 bridgehead atoms. The summed E-state index contributed by atoms with van der Waals surface area (Å²) in [5.74, 6) is 2.28. The molecule has 0 N–H and O–H groups in total. The molecule has 0 unspecified atom stereocenters. The molecule has 1 saturated heterocycles. The summed E-state index contributed by atoms with van der Waals surface area (Å²) in [4.78, 5) is 8.72. The lowest BCUT2D eigenvalue weighted by molar-refractivity contribution is 0.174. The summed E-state index contributed by atoms with van der Waals surface area (Å²) >= 11 is 0. The maximum Gasteiger partial charge on any atom is 0.240 e. The number of aryl methyl sites for hydroxylation is 1. The van der Waals surface area contributed by atoms with Gasteiger partial charge in [0, 0.05) is 24.5 Å². The Bertz CT molecular complexity index is 654. The molecule has 0 aromatic carbocycles. The van der Waals surface area contributed by atoms with Gasteiger partial charge in [0.25, 0.3) is 0 Å². The van der Waals surface area contributed by atoms with Gasteiger partial charge in [-0.3, -0.25) is 4.90 Å². The summed E-state index contributed by atoms with van der Waals surface area (Å²) in [7, 11) is 2.08. The zero-order valence-electron chi connectivity index (χ0n) is 14.4. The zero-order chi connectivity index (χ0) is 16.6. The van der Waals surface area contributed by atoms with Gasteiger partial charge in [-0.15, -0.1) is 5.10 Å². The predicted octanol–water partition coefficient (Wildman–Crippen LogP) is 1.79. The van der Waals surface area contributed by atoms with Gasteiger partial charge < -0.3 is 9.42 Å². The van der Waals surface area contributed by atoms with Crippen LogP contribution in [-0.4, -0.2) is 51.4 Å². The maximum atomic E-state index is 5.17. The standard InChI is InChI=1S/C16H24N6O/c1-11-17-15(23-20-11)10-21(5)12-8-22(9-12)14-7-6-13(18-19-14)16(2,3)4/h6-7,12H,8-10H2,1-5H3. The minimum atomic E-state index is 0.0332. The molecule has 124 valence electrons. The van der Waals surface area contributed by atoms with Crippen LogP contribution in [-0.2, 0) is 12.0 Å². The Morgan fingerprint density at radius 2 is 2.00 bits per heavy atom. The summed E-state index contributed by atoms with van der Waals surface area (Å²) < 4.78 is 5.17. The van der Waals surface area contributed by atoms with Crippen molar-refractivity contribution in [3.63, 3.8) is 0 Å². The highest BCUT2D eigenvalue weighted by Gasteiger charge is 2.32. The number of nitrogens with zero attached hydrogens (tertiary/aromatic N) is 6. The lowest BCUT2D eigenvalue weighted by Gasteiger charge is -2.44. The average Bonchev–Trinajstić information content (AvgIpc) is 2.82. The molecule has 7 heteroatoms. The number of hydrogen-bond donors (Lipinski definition) is 0. The van der Waals surface area contributed by atoms with Gasteiger partial charge in [-0.2, -0.15) is 10.1 Å². The molecule has 1 aliphatic rings. The molecule has 0 atom stereocenters. The third-order valence-electron chi connectivity index (χ3n) is 4.18. The largest absolute Gasteiger partial charge is 0.352 e. The van der Waals surface area contributed by atoms with Gasteiger partial charge in [0.2, 0.25) is 5.89 Å². The van der Waals surface area contributed by atoms with Gasteiger partial charge in [0.15, 0.2) is 11.6 Å². The number of anilines is 1. The number of hydrogen-bond acceptors (Lipinski definition) is 7. The highest BCUT2D eigenvalue weighted by atomic mass is 16.5. The van der Waals surface area contributed by atoms with Crippen LogP contribution in [0.3, 0.4) is 0 Å². The first-order valence-electron chi connectivity index (χ1n) is 7.91. The summed E-state index contributed by atoms with van der Waals surface area (Å²) in [5.41, 5.74) is 1.05. The Morgan fingerprint density at radius 1 is 1.26 bits per heavy atom. The Hall–Kier alpha value is -2.02. The highest BCUT2D eigenvalue weighted by Crippen LogP contribution is 2.24. The van der Waals surface area contributed by atoms with Crippen molar-refractivity contribution >= 4 is 5.82 Å². The molecule has 0 spiro atoms. The van der Waals surface area contributed by atoms with Gasteiger partial charge in [-0.1, -0.05) is 25.9 Å². The van der Waals surface area contributed by atoms with Crippen LogP contribution in [0.15, 0.2) is 16.7 Å². The van der Waals surface area contributed by atoms with E-state index in [1.807, 2.05) is 6.92 Å². The van der Waals surface area contributed by atoms with Crippen molar-refractivity contribution in [2.75, 3.05) is 25.0 Å². The first kappa shape index (κ1) is 15.9. The number of aromatic nitrogens is 4. The fraction of sp³-hybridized carbons (Fsp3) is 0.625. The number of likely N-dealkylation sites (N-methyl/N-ethyl adjacent to an activating group) is 1. The maximum absolute atomic E-state index is 5.17. The fourth-order valence-corrected chi connectivity index (χ4v) is 2.56. The molecule has 0 saturated carbocycles. The van der Waals surface area contributed by atoms with Crippen LogP contribution in [0.25, 0.3) is 0 Å². The molecule has 0 radical (unpaired) electrons. The van der Waals surface area contributed by atoms with Crippen molar-refractivity contribution in [3.8, 4) is 0 Å². The summed E-state index contributed by atoms with van der Waals surface area (Å²) in [5, 5.41) is 12.5. The Balaban J connectivity index is 1.54. The molecule has 2 aromatic rings. The zero-order valence-corrected chi connectivity index (χ0v) is 14.4. The highest BCUT2D eigenvalue weighted by molar-refractivity contribution is 5.42. The molecule has 3 heterocycles. The van der Waals surface area contributed by atoms with Gasteiger partial charge in [0.05, 0.1) is 12.2 Å². The number of rotatable bonds is 4. The van der Waals surface area contributed by atoms with Crippen LogP contribution in [0.5, 0.6) is 0 Å². The van der Waals surface area contributed by atoms with Crippen LogP contribution in [0.1, 0.15) is 38.2 Å². The molecule has 1 aliphatic heterocycles. The Kier molecular flexibility index (Phi) is 4.06. The van der Waals surface area contributed by atoms with E-state index in [1.165, 1.54) is 0 Å². The van der Waals surface area contributed by atoms with Crippen molar-refractivity contribution in [2.45, 2.75) is 45.7 Å². The fourth-order valence-electron chi connectivity index (χ4n) is 2.56. The van der Waals surface area contributed by atoms with E-state index < -0.39 is 0 Å². The van der Waals surface area contributed by atoms with Crippen LogP contribution in [0.4, 0.5) is 5.82 Å². The Morgan fingerprint density at radius 3 is 2.52 bits per heavy atom. The minimum Gasteiger partial charge on any atom is -0.352 e. The van der Waals surface area contributed by atoms with Gasteiger partial charge in [-0.25, -0.2) is 0 Å². The first-order valence-corrected chi connectivity index (χ1v) is 7.91. The summed E-state index contributed by atoms with van der Waals surface area (Å²) in [6.45, 7) is 10.8. The molecule has 3 rings (SSSR count). The molecule has 0 amide bonds. The van der Waals surface area contributed by atoms with Gasteiger partial charge >= 0.3 is 0 Å². The van der Waals surface area contributed by atoms with Gasteiger partial charge in [0.1, 0.15) is 0 Å². The third kappa shape index (κ3) is 3.50. The lowest BCUT2D eigenvalue weighted by Crippen LogP contribution is -2.58. The second kappa shape index (κ2) is 5.88. The van der Waals surface area contributed by atoms with E-state index >= 15 is 0 Å². The average molecular weight is 316 g/mol. The van der Waals surface area contributed by atoms with Crippen molar-refractivity contribution in [3.05, 3.63) is 29.5 Å². The van der Waals surface area contributed by atoms with Crippen molar-refractivity contribution in [1.82, 2.24) is 25.2 Å². The van der Waals surface area contributed by atoms with Crippen molar-refractivity contribution in [1.29, 1.82) is 0 Å². The van der Waals surface area contributed by atoms with E-state index in [1.54, 1.807) is 0 Å². The SMILES string of the molecule is Cc1noc(CN(C)C2CN(c3ccc(C(C)(C)C)nn3)C2)n1. The lowest BCUT2D eigenvalue weighted by atomic mass is 9.92.